The Bertz CT molecular complexity index is 930. The van der Waals surface area contributed by atoms with Crippen LogP contribution in [0.5, 0.6) is 0 Å². The summed E-state index contributed by atoms with van der Waals surface area (Å²) >= 11 is 0. The van der Waals surface area contributed by atoms with Gasteiger partial charge in [-0.3, -0.25) is 4.79 Å². The third kappa shape index (κ3) is 5.28. The van der Waals surface area contributed by atoms with Crippen molar-refractivity contribution in [2.45, 2.75) is 57.4 Å². The van der Waals surface area contributed by atoms with E-state index < -0.39 is 10.0 Å². The van der Waals surface area contributed by atoms with Crippen LogP contribution in [0.2, 0.25) is 0 Å². The molecular weight excluding hydrogens is 388 g/mol. The zero-order valence-electron chi connectivity index (χ0n) is 17.3. The lowest BCUT2D eigenvalue weighted by Gasteiger charge is -2.31. The van der Waals surface area contributed by atoms with Crippen molar-refractivity contribution in [1.82, 2.24) is 9.62 Å². The molecule has 0 spiro atoms. The maximum Gasteiger partial charge on any atom is 0.243 e. The van der Waals surface area contributed by atoms with Crippen molar-refractivity contribution < 1.29 is 17.6 Å². The minimum absolute atomic E-state index is 0.0144. The van der Waals surface area contributed by atoms with Crippen molar-refractivity contribution >= 4 is 15.9 Å². The number of furan rings is 1. The lowest BCUT2D eigenvalue weighted by Crippen LogP contribution is -2.45. The average Bonchev–Trinajstić information content (AvgIpc) is 3.20. The van der Waals surface area contributed by atoms with Crippen LogP contribution in [-0.4, -0.2) is 37.8 Å². The fourth-order valence-corrected chi connectivity index (χ4v) is 5.51. The first-order chi connectivity index (χ1) is 13.8. The Hall–Kier alpha value is -2.12. The average molecular weight is 419 g/mol. The summed E-state index contributed by atoms with van der Waals surface area (Å²) in [5, 5.41) is 3.06. The Morgan fingerprint density at radius 2 is 1.97 bits per heavy atom. The molecule has 2 aromatic rings. The van der Waals surface area contributed by atoms with Crippen LogP contribution in [0.15, 0.2) is 45.9 Å². The van der Waals surface area contributed by atoms with Gasteiger partial charge in [0.15, 0.2) is 0 Å². The maximum absolute atomic E-state index is 13.0. The van der Waals surface area contributed by atoms with E-state index in [9.17, 15) is 13.2 Å². The summed E-state index contributed by atoms with van der Waals surface area (Å²) in [6.45, 7) is 6.50. The smallest absolute Gasteiger partial charge is 0.243 e. The Morgan fingerprint density at radius 3 is 2.59 bits per heavy atom. The van der Waals surface area contributed by atoms with E-state index in [2.05, 4.69) is 5.32 Å². The summed E-state index contributed by atoms with van der Waals surface area (Å²) < 4.78 is 32.8. The van der Waals surface area contributed by atoms with Crippen molar-refractivity contribution in [2.24, 2.45) is 5.92 Å². The Kier molecular flexibility index (Phi) is 6.80. The van der Waals surface area contributed by atoms with Gasteiger partial charge in [-0.05, 0) is 63.8 Å². The van der Waals surface area contributed by atoms with Gasteiger partial charge in [0.05, 0.1) is 11.2 Å². The molecule has 1 aromatic heterocycles. The van der Waals surface area contributed by atoms with Crippen LogP contribution in [0.1, 0.15) is 43.1 Å². The van der Waals surface area contributed by atoms with Crippen LogP contribution < -0.4 is 5.32 Å². The quantitative estimate of drug-likeness (QED) is 0.747. The minimum atomic E-state index is -3.52. The largest absolute Gasteiger partial charge is 0.469 e. The number of aryl methyl sites for hydroxylation is 3. The SMILES string of the molecule is Cc1ccc(S(=O)(=O)N2CCC(C(=O)N[C@H](C)CCc3ccco3)CC2)c(C)c1. The Labute approximate surface area is 173 Å². The molecule has 0 unspecified atom stereocenters. The third-order valence-corrected chi connectivity index (χ3v) is 7.62. The highest BCUT2D eigenvalue weighted by atomic mass is 32.2. The van der Waals surface area contributed by atoms with Gasteiger partial charge in [-0.1, -0.05) is 17.7 Å². The molecule has 3 rings (SSSR count). The van der Waals surface area contributed by atoms with Crippen LogP contribution >= 0.6 is 0 Å². The van der Waals surface area contributed by atoms with E-state index in [-0.39, 0.29) is 17.9 Å². The van der Waals surface area contributed by atoms with Crippen LogP contribution in [0, 0.1) is 19.8 Å². The normalized spacial score (nSPS) is 17.2. The number of nitrogens with one attached hydrogen (secondary N) is 1. The molecule has 7 heteroatoms. The van der Waals surface area contributed by atoms with Crippen LogP contribution in [0.4, 0.5) is 0 Å². The number of hydrogen-bond acceptors (Lipinski definition) is 4. The number of nitrogens with zero attached hydrogens (tertiary/aromatic N) is 1. The second kappa shape index (κ2) is 9.13. The lowest BCUT2D eigenvalue weighted by molar-refractivity contribution is -0.126. The number of hydrogen-bond donors (Lipinski definition) is 1. The van der Waals surface area contributed by atoms with Gasteiger partial charge in [0.1, 0.15) is 5.76 Å². The summed E-state index contributed by atoms with van der Waals surface area (Å²) in [6.07, 6.45) is 4.32. The number of piperidine rings is 1. The molecule has 1 amide bonds. The summed E-state index contributed by atoms with van der Waals surface area (Å²) in [6, 6.07) is 9.23. The first-order valence-corrected chi connectivity index (χ1v) is 11.6. The number of sulfonamides is 1. The highest BCUT2D eigenvalue weighted by Gasteiger charge is 2.33. The van der Waals surface area contributed by atoms with Crippen molar-refractivity contribution in [3.05, 3.63) is 53.5 Å². The standard InChI is InChI=1S/C22H30N2O4S/c1-16-6-9-21(17(2)15-16)29(26,27)24-12-10-19(11-13-24)22(25)23-18(3)7-8-20-5-4-14-28-20/h4-6,9,14-15,18-19H,7-8,10-13H2,1-3H3,(H,23,25)/t18-/m1/s1. The molecule has 0 bridgehead atoms. The molecule has 29 heavy (non-hydrogen) atoms. The molecule has 1 saturated heterocycles. The van der Waals surface area contributed by atoms with Crippen molar-refractivity contribution in [3.8, 4) is 0 Å². The molecular formula is C22H30N2O4S. The zero-order valence-corrected chi connectivity index (χ0v) is 18.2. The number of rotatable bonds is 7. The Morgan fingerprint density at radius 1 is 1.24 bits per heavy atom. The summed E-state index contributed by atoms with van der Waals surface area (Å²) in [5.41, 5.74) is 1.80. The maximum atomic E-state index is 13.0. The molecule has 6 nitrogen and oxygen atoms in total. The molecule has 0 aliphatic carbocycles. The minimum Gasteiger partial charge on any atom is -0.469 e. The molecule has 1 aromatic carbocycles. The Balaban J connectivity index is 1.52. The van der Waals surface area contributed by atoms with Gasteiger partial charge in [-0.25, -0.2) is 8.42 Å². The van der Waals surface area contributed by atoms with Gasteiger partial charge in [0.25, 0.3) is 0 Å². The van der Waals surface area contributed by atoms with Gasteiger partial charge in [0, 0.05) is 31.5 Å². The molecule has 1 fully saturated rings. The molecule has 1 atom stereocenters. The van der Waals surface area contributed by atoms with E-state index in [1.165, 1.54) is 4.31 Å². The molecule has 158 valence electrons. The predicted molar refractivity (Wildman–Crippen MR) is 112 cm³/mol. The zero-order chi connectivity index (χ0) is 21.0. The summed E-state index contributed by atoms with van der Waals surface area (Å²) in [7, 11) is -3.52. The van der Waals surface area contributed by atoms with Gasteiger partial charge in [0.2, 0.25) is 15.9 Å². The second-order valence-electron chi connectivity index (χ2n) is 7.97. The second-order valence-corrected chi connectivity index (χ2v) is 9.88. The lowest BCUT2D eigenvalue weighted by atomic mass is 9.96. The number of carbonyl (C=O) groups is 1. The van der Waals surface area contributed by atoms with Crippen LogP contribution in [0.3, 0.4) is 0 Å². The highest BCUT2D eigenvalue weighted by molar-refractivity contribution is 7.89. The first-order valence-electron chi connectivity index (χ1n) is 10.2. The van der Waals surface area contributed by atoms with E-state index in [1.807, 2.05) is 45.0 Å². The van der Waals surface area contributed by atoms with E-state index in [0.29, 0.717) is 30.8 Å². The topological polar surface area (TPSA) is 79.6 Å². The van der Waals surface area contributed by atoms with E-state index >= 15 is 0 Å². The van der Waals surface area contributed by atoms with Gasteiger partial charge >= 0.3 is 0 Å². The van der Waals surface area contributed by atoms with Crippen LogP contribution in [0.25, 0.3) is 0 Å². The van der Waals surface area contributed by atoms with Crippen molar-refractivity contribution in [2.75, 3.05) is 13.1 Å². The molecule has 1 aliphatic heterocycles. The molecule has 0 radical (unpaired) electrons. The molecule has 1 aliphatic rings. The van der Waals surface area contributed by atoms with Crippen molar-refractivity contribution in [3.63, 3.8) is 0 Å². The highest BCUT2D eigenvalue weighted by Crippen LogP contribution is 2.26. The predicted octanol–water partition coefficient (Wildman–Crippen LogP) is 3.43. The van der Waals surface area contributed by atoms with Gasteiger partial charge < -0.3 is 9.73 Å². The summed E-state index contributed by atoms with van der Waals surface area (Å²) in [5.74, 6) is 0.781. The summed E-state index contributed by atoms with van der Waals surface area (Å²) in [4.78, 5) is 12.9. The van der Waals surface area contributed by atoms with Gasteiger partial charge in [-0.2, -0.15) is 4.31 Å². The van der Waals surface area contributed by atoms with E-state index in [1.54, 1.807) is 12.3 Å². The number of benzene rings is 1. The molecule has 1 N–H and O–H groups in total. The van der Waals surface area contributed by atoms with Crippen molar-refractivity contribution in [1.29, 1.82) is 0 Å². The van der Waals surface area contributed by atoms with Gasteiger partial charge in [-0.15, -0.1) is 0 Å². The number of carbonyl (C=O) groups excluding carboxylic acids is 1. The molecule has 0 saturated carbocycles. The van der Waals surface area contributed by atoms with Crippen LogP contribution in [-0.2, 0) is 21.2 Å². The fourth-order valence-electron chi connectivity index (χ4n) is 3.83. The molecule has 2 heterocycles. The first kappa shape index (κ1) is 21.6. The monoisotopic (exact) mass is 418 g/mol. The fraction of sp³-hybridized carbons (Fsp3) is 0.500. The number of amides is 1. The van der Waals surface area contributed by atoms with E-state index in [4.69, 9.17) is 4.42 Å². The third-order valence-electron chi connectivity index (χ3n) is 5.57. The van der Waals surface area contributed by atoms with E-state index in [0.717, 1.165) is 29.7 Å².